The van der Waals surface area contributed by atoms with Gasteiger partial charge >= 0.3 is 27.9 Å². The smallest absolute Gasteiger partial charge is 0.299 e. The van der Waals surface area contributed by atoms with Crippen LogP contribution in [0.2, 0.25) is 0 Å². The van der Waals surface area contributed by atoms with Crippen molar-refractivity contribution in [2.45, 2.75) is 0 Å². The summed E-state index contributed by atoms with van der Waals surface area (Å²) in [6.07, 6.45) is -3.11. The van der Waals surface area contributed by atoms with Crippen LogP contribution in [0, 0.1) is 0 Å². The van der Waals surface area contributed by atoms with Crippen molar-refractivity contribution >= 4 is 27.9 Å². The molecule has 0 nitrogen and oxygen atoms in total. The summed E-state index contributed by atoms with van der Waals surface area (Å²) in [5.74, 6) is 0. The van der Waals surface area contributed by atoms with Crippen LogP contribution in [0.3, 0.4) is 0 Å². The van der Waals surface area contributed by atoms with Crippen LogP contribution in [0.25, 0.3) is 0 Å². The quantitative estimate of drug-likeness (QED) is 0.423. The highest BCUT2D eigenvalue weighted by molar-refractivity contribution is 7.65. The molecule has 54 valence electrons. The zero-order valence-corrected chi connectivity index (χ0v) is 4.58. The fraction of sp³-hybridized carbons (Fsp3) is 0. The first-order valence-electron chi connectivity index (χ1n) is 2.31. The minimum Gasteiger partial charge on any atom is -0.299 e. The maximum absolute atomic E-state index is 11.2. The number of rotatable bonds is 3. The Kier molecular flexibility index (Phi) is 3.81. The molecule has 0 bridgehead atoms. The standard InChI is InChI=1S/B4F6/c5-2(6)1(3(7)8)4(9)10. The molecule has 0 aliphatic carbocycles. The van der Waals surface area contributed by atoms with Crippen LogP contribution < -0.4 is 0 Å². The molecule has 0 aromatic carbocycles. The lowest BCUT2D eigenvalue weighted by Gasteiger charge is -1.99. The summed E-state index contributed by atoms with van der Waals surface area (Å²) in [6, 6.07) is 0. The maximum Gasteiger partial charge on any atom is 0.492 e. The SMILES string of the molecule is FB(F)B(B(F)F)B(F)F. The minimum absolute atomic E-state index is 3.11. The highest BCUT2D eigenvalue weighted by atomic mass is 19.3. The van der Waals surface area contributed by atoms with Gasteiger partial charge in [0.2, 0.25) is 0 Å². The van der Waals surface area contributed by atoms with E-state index in [0.29, 0.717) is 0 Å². The summed E-state index contributed by atoms with van der Waals surface area (Å²) >= 11 is 0. The molecule has 0 rings (SSSR count). The van der Waals surface area contributed by atoms with Crippen LogP contribution in [-0.4, -0.2) is 27.9 Å². The second kappa shape index (κ2) is 3.88. The van der Waals surface area contributed by atoms with Gasteiger partial charge in [-0.15, -0.1) is 0 Å². The third-order valence-corrected chi connectivity index (χ3v) is 0.873. The molecule has 0 amide bonds. The molecule has 0 unspecified atom stereocenters. The van der Waals surface area contributed by atoms with E-state index in [2.05, 4.69) is 0 Å². The first kappa shape index (κ1) is 9.84. The van der Waals surface area contributed by atoms with Gasteiger partial charge in [0.1, 0.15) is 0 Å². The molecule has 0 saturated heterocycles. The lowest BCUT2D eigenvalue weighted by Crippen LogP contribution is -2.49. The molecule has 0 aliphatic heterocycles. The van der Waals surface area contributed by atoms with Gasteiger partial charge in [0.05, 0.1) is 0 Å². The van der Waals surface area contributed by atoms with Crippen LogP contribution in [0.5, 0.6) is 0 Å². The van der Waals surface area contributed by atoms with Gasteiger partial charge in [-0.3, -0.25) is 25.9 Å². The van der Waals surface area contributed by atoms with Crippen LogP contribution >= 0.6 is 0 Å². The summed E-state index contributed by atoms with van der Waals surface area (Å²) in [7, 11) is -11.0. The van der Waals surface area contributed by atoms with Crippen molar-refractivity contribution in [3.8, 4) is 0 Å². The average molecular weight is 157 g/mol. The Bertz CT molecular complexity index is 70.7. The van der Waals surface area contributed by atoms with Crippen molar-refractivity contribution in [3.63, 3.8) is 0 Å². The fourth-order valence-electron chi connectivity index (χ4n) is 0.330. The molecule has 0 aromatic rings. The van der Waals surface area contributed by atoms with Crippen LogP contribution in [-0.2, 0) is 0 Å². The van der Waals surface area contributed by atoms with Crippen molar-refractivity contribution in [1.29, 1.82) is 0 Å². The van der Waals surface area contributed by atoms with Gasteiger partial charge in [-0.05, 0) is 0 Å². The van der Waals surface area contributed by atoms with E-state index in [9.17, 15) is 25.9 Å². The van der Waals surface area contributed by atoms with Gasteiger partial charge in [-0.1, -0.05) is 0 Å². The van der Waals surface area contributed by atoms with E-state index in [1.807, 2.05) is 0 Å². The summed E-state index contributed by atoms with van der Waals surface area (Å²) < 4.78 is 67.4. The van der Waals surface area contributed by atoms with Crippen molar-refractivity contribution in [2.75, 3.05) is 0 Å². The molecule has 10 heavy (non-hydrogen) atoms. The van der Waals surface area contributed by atoms with Crippen LogP contribution in [0.4, 0.5) is 25.9 Å². The Morgan fingerprint density at radius 1 is 0.500 bits per heavy atom. The van der Waals surface area contributed by atoms with Gasteiger partial charge in [-0.25, -0.2) is 0 Å². The monoisotopic (exact) mass is 158 g/mol. The van der Waals surface area contributed by atoms with E-state index in [1.54, 1.807) is 0 Å². The number of hydrogen-bond acceptors (Lipinski definition) is 0. The normalized spacial score (nSPS) is 9.00. The number of hydrogen-bond donors (Lipinski definition) is 0. The second-order valence-corrected chi connectivity index (χ2v) is 1.58. The van der Waals surface area contributed by atoms with E-state index in [4.69, 9.17) is 0 Å². The molecule has 0 aliphatic rings. The van der Waals surface area contributed by atoms with Gasteiger partial charge in [0.15, 0.2) is 0 Å². The Hall–Kier alpha value is -0.160. The molecule has 0 N–H and O–H groups in total. The molecule has 0 atom stereocenters. The van der Waals surface area contributed by atoms with Gasteiger partial charge < -0.3 is 0 Å². The Labute approximate surface area is 54.9 Å². The topological polar surface area (TPSA) is 0 Å². The molecular formula is B4F6. The van der Waals surface area contributed by atoms with Gasteiger partial charge in [0, 0.05) is 0 Å². The highest BCUT2D eigenvalue weighted by Crippen LogP contribution is 2.07. The van der Waals surface area contributed by atoms with E-state index in [-0.39, 0.29) is 0 Å². The largest absolute Gasteiger partial charge is 0.492 e. The zero-order chi connectivity index (χ0) is 8.31. The first-order chi connectivity index (χ1) is 4.46. The minimum atomic E-state index is -3.67. The summed E-state index contributed by atoms with van der Waals surface area (Å²) in [5.41, 5.74) is 0. The van der Waals surface area contributed by atoms with Gasteiger partial charge in [-0.2, -0.15) is 0 Å². The molecule has 0 fully saturated rings. The van der Waals surface area contributed by atoms with E-state index in [1.165, 1.54) is 0 Å². The van der Waals surface area contributed by atoms with E-state index >= 15 is 0 Å². The Balaban J connectivity index is 3.98. The summed E-state index contributed by atoms with van der Waals surface area (Å²) in [5, 5.41) is 0. The lowest BCUT2D eigenvalue weighted by molar-refractivity contribution is 0.667. The first-order valence-corrected chi connectivity index (χ1v) is 2.31. The molecule has 0 heterocycles. The predicted octanol–water partition coefficient (Wildman–Crippen LogP) is 0.998. The maximum atomic E-state index is 11.2. The lowest BCUT2D eigenvalue weighted by atomic mass is 8.98. The molecule has 0 spiro atoms. The average Bonchev–Trinajstić information content (AvgIpc) is 1.59. The van der Waals surface area contributed by atoms with Crippen molar-refractivity contribution in [2.24, 2.45) is 0 Å². The molecule has 0 saturated carbocycles. The third kappa shape index (κ3) is 2.62. The number of halogens is 6. The molecule has 10 heteroatoms. The summed E-state index contributed by atoms with van der Waals surface area (Å²) in [6.45, 7) is 0. The second-order valence-electron chi connectivity index (χ2n) is 1.58. The van der Waals surface area contributed by atoms with Crippen molar-refractivity contribution < 1.29 is 25.9 Å². The third-order valence-electron chi connectivity index (χ3n) is 0.873. The van der Waals surface area contributed by atoms with Crippen LogP contribution in [0.15, 0.2) is 0 Å². The summed E-state index contributed by atoms with van der Waals surface area (Å²) in [4.78, 5) is 0. The van der Waals surface area contributed by atoms with Crippen molar-refractivity contribution in [1.82, 2.24) is 0 Å². The molecule has 0 radical (unpaired) electrons. The Morgan fingerprint density at radius 3 is 0.700 bits per heavy atom. The van der Waals surface area contributed by atoms with E-state index in [0.717, 1.165) is 0 Å². The zero-order valence-electron chi connectivity index (χ0n) is 4.58. The highest BCUT2D eigenvalue weighted by Gasteiger charge is 2.55. The molecular weight excluding hydrogens is 157 g/mol. The van der Waals surface area contributed by atoms with Gasteiger partial charge in [0.25, 0.3) is 0 Å². The van der Waals surface area contributed by atoms with E-state index < -0.39 is 27.9 Å². The van der Waals surface area contributed by atoms with Crippen molar-refractivity contribution in [3.05, 3.63) is 0 Å². The molecule has 0 aromatic heterocycles. The van der Waals surface area contributed by atoms with Crippen LogP contribution in [0.1, 0.15) is 0 Å². The Morgan fingerprint density at radius 2 is 0.700 bits per heavy atom. The predicted molar refractivity (Wildman–Crippen MR) is 29.7 cm³/mol. The fourth-order valence-corrected chi connectivity index (χ4v) is 0.330.